The maximum absolute atomic E-state index is 13.1. The lowest BCUT2D eigenvalue weighted by atomic mass is 10.1. The van der Waals surface area contributed by atoms with Gasteiger partial charge in [0.2, 0.25) is 15.9 Å². The first kappa shape index (κ1) is 22.1. The molecule has 2 fully saturated rings. The normalized spacial score (nSPS) is 19.6. The van der Waals surface area contributed by atoms with E-state index >= 15 is 0 Å². The van der Waals surface area contributed by atoms with Gasteiger partial charge in [-0.05, 0) is 79.6 Å². The number of amides is 2. The maximum Gasteiger partial charge on any atom is 0.253 e. The van der Waals surface area contributed by atoms with Crippen LogP contribution in [0.1, 0.15) is 47.2 Å². The quantitative estimate of drug-likeness (QED) is 0.693. The summed E-state index contributed by atoms with van der Waals surface area (Å²) in [6.07, 6.45) is 5.52. The average Bonchev–Trinajstić information content (AvgIpc) is 3.32. The summed E-state index contributed by atoms with van der Waals surface area (Å²) in [5.41, 5.74) is 3.76. The minimum atomic E-state index is -3.56. The van der Waals surface area contributed by atoms with Gasteiger partial charge >= 0.3 is 0 Å². The highest BCUT2D eigenvalue weighted by Gasteiger charge is 2.31. The molecule has 2 aromatic carbocycles. The summed E-state index contributed by atoms with van der Waals surface area (Å²) in [4.78, 5) is 28.9. The molecule has 0 N–H and O–H groups in total. The number of carbonyl (C=O) groups is 2. The Morgan fingerprint density at radius 3 is 2.21 bits per heavy atom. The van der Waals surface area contributed by atoms with Crippen molar-refractivity contribution in [3.05, 3.63) is 59.2 Å². The minimum Gasteiger partial charge on any atom is -0.336 e. The second kappa shape index (κ2) is 8.91. The lowest BCUT2D eigenvalue weighted by Crippen LogP contribution is -2.50. The van der Waals surface area contributed by atoms with Crippen LogP contribution in [0.15, 0.2) is 47.4 Å². The number of anilines is 1. The lowest BCUT2D eigenvalue weighted by molar-refractivity contribution is -0.119. The van der Waals surface area contributed by atoms with Crippen LogP contribution < -0.4 is 4.90 Å². The van der Waals surface area contributed by atoms with Crippen molar-refractivity contribution in [1.82, 2.24) is 9.21 Å². The standard InChI is InChI=1S/C25H29N3O4S/c29-24-6-1-2-13-28(24)22-10-7-20(8-11-22)25(30)26-14-16-27(17-15-26)33(31,32)23-12-9-19-4-3-5-21(19)18-23/h7-12,18H,1-6,13-17H2. The molecule has 0 bridgehead atoms. The molecule has 0 saturated carbocycles. The van der Waals surface area contributed by atoms with Crippen LogP contribution >= 0.6 is 0 Å². The average molecular weight is 468 g/mol. The summed E-state index contributed by atoms with van der Waals surface area (Å²) < 4.78 is 27.8. The Kier molecular flexibility index (Phi) is 5.97. The van der Waals surface area contributed by atoms with Gasteiger partial charge in [-0.2, -0.15) is 4.31 Å². The summed E-state index contributed by atoms with van der Waals surface area (Å²) in [7, 11) is -3.56. The van der Waals surface area contributed by atoms with Crippen molar-refractivity contribution >= 4 is 27.5 Å². The highest BCUT2D eigenvalue weighted by atomic mass is 32.2. The third-order valence-electron chi connectivity index (χ3n) is 6.98. The predicted molar refractivity (Wildman–Crippen MR) is 126 cm³/mol. The van der Waals surface area contributed by atoms with Gasteiger partial charge in [0, 0.05) is 50.4 Å². The van der Waals surface area contributed by atoms with Crippen molar-refractivity contribution in [1.29, 1.82) is 0 Å². The van der Waals surface area contributed by atoms with Crippen molar-refractivity contribution in [3.63, 3.8) is 0 Å². The van der Waals surface area contributed by atoms with E-state index in [9.17, 15) is 18.0 Å². The Morgan fingerprint density at radius 1 is 0.758 bits per heavy atom. The Balaban J connectivity index is 1.22. The Morgan fingerprint density at radius 2 is 1.48 bits per heavy atom. The number of piperazine rings is 1. The van der Waals surface area contributed by atoms with Crippen molar-refractivity contribution in [2.24, 2.45) is 0 Å². The van der Waals surface area contributed by atoms with Gasteiger partial charge in [0.15, 0.2) is 0 Å². The SMILES string of the molecule is O=C(c1ccc(N2CCCCC2=O)cc1)N1CCN(S(=O)(=O)c2ccc3c(c2)CCC3)CC1. The smallest absolute Gasteiger partial charge is 0.253 e. The summed E-state index contributed by atoms with van der Waals surface area (Å²) in [5, 5.41) is 0. The zero-order chi connectivity index (χ0) is 23.0. The van der Waals surface area contributed by atoms with E-state index in [4.69, 9.17) is 0 Å². The molecular formula is C25H29N3O4S. The van der Waals surface area contributed by atoms with Gasteiger partial charge in [-0.25, -0.2) is 8.42 Å². The third kappa shape index (κ3) is 4.29. The topological polar surface area (TPSA) is 78.0 Å². The van der Waals surface area contributed by atoms with Gasteiger partial charge in [0.1, 0.15) is 0 Å². The second-order valence-corrected chi connectivity index (χ2v) is 11.0. The molecule has 2 saturated heterocycles. The van der Waals surface area contributed by atoms with Crippen molar-refractivity contribution < 1.29 is 18.0 Å². The highest BCUT2D eigenvalue weighted by molar-refractivity contribution is 7.89. The largest absolute Gasteiger partial charge is 0.336 e. The first-order chi connectivity index (χ1) is 15.9. The first-order valence-electron chi connectivity index (χ1n) is 11.8. The molecule has 0 atom stereocenters. The first-order valence-corrected chi connectivity index (χ1v) is 13.2. The van der Waals surface area contributed by atoms with Gasteiger partial charge in [0.05, 0.1) is 4.90 Å². The molecule has 7 nitrogen and oxygen atoms in total. The molecule has 3 aliphatic rings. The molecular weight excluding hydrogens is 438 g/mol. The summed E-state index contributed by atoms with van der Waals surface area (Å²) in [6, 6.07) is 12.6. The predicted octanol–water partition coefficient (Wildman–Crippen LogP) is 2.84. The molecule has 2 amide bonds. The summed E-state index contributed by atoms with van der Waals surface area (Å²) in [6.45, 7) is 1.99. The lowest BCUT2D eigenvalue weighted by Gasteiger charge is -2.34. The molecule has 2 heterocycles. The number of rotatable bonds is 4. The van der Waals surface area contributed by atoms with Crippen LogP contribution in [0, 0.1) is 0 Å². The monoisotopic (exact) mass is 467 g/mol. The van der Waals surface area contributed by atoms with E-state index in [0.717, 1.165) is 43.4 Å². The van der Waals surface area contributed by atoms with E-state index in [0.29, 0.717) is 36.5 Å². The van der Waals surface area contributed by atoms with Crippen molar-refractivity contribution in [2.45, 2.75) is 43.4 Å². The van der Waals surface area contributed by atoms with Gasteiger partial charge in [-0.15, -0.1) is 0 Å². The molecule has 1 aliphatic carbocycles. The van der Waals surface area contributed by atoms with Crippen LogP contribution in [0.3, 0.4) is 0 Å². The molecule has 0 unspecified atom stereocenters. The van der Waals surface area contributed by atoms with E-state index in [1.807, 2.05) is 24.3 Å². The van der Waals surface area contributed by atoms with Crippen LogP contribution in [0.4, 0.5) is 5.69 Å². The number of hydrogen-bond donors (Lipinski definition) is 0. The molecule has 8 heteroatoms. The van der Waals surface area contributed by atoms with E-state index in [1.165, 1.54) is 9.87 Å². The Bertz CT molecular complexity index is 1170. The number of fused-ring (bicyclic) bond motifs is 1. The van der Waals surface area contributed by atoms with Gasteiger partial charge in [-0.3, -0.25) is 9.59 Å². The van der Waals surface area contributed by atoms with Crippen LogP contribution in [0.25, 0.3) is 0 Å². The van der Waals surface area contributed by atoms with Crippen LogP contribution in [-0.4, -0.2) is 62.2 Å². The zero-order valence-corrected chi connectivity index (χ0v) is 19.5. The highest BCUT2D eigenvalue weighted by Crippen LogP contribution is 2.27. The van der Waals surface area contributed by atoms with Crippen LogP contribution in [0.2, 0.25) is 0 Å². The Hall–Kier alpha value is -2.71. The number of hydrogen-bond acceptors (Lipinski definition) is 4. The number of carbonyl (C=O) groups excluding carboxylic acids is 2. The van der Waals surface area contributed by atoms with E-state index in [1.54, 1.807) is 28.0 Å². The maximum atomic E-state index is 13.1. The number of sulfonamides is 1. The van der Waals surface area contributed by atoms with Crippen molar-refractivity contribution in [2.75, 3.05) is 37.6 Å². The van der Waals surface area contributed by atoms with Gasteiger partial charge in [0.25, 0.3) is 5.91 Å². The molecule has 33 heavy (non-hydrogen) atoms. The number of piperidine rings is 1. The Labute approximate surface area is 195 Å². The fourth-order valence-electron chi connectivity index (χ4n) is 5.03. The van der Waals surface area contributed by atoms with E-state index in [-0.39, 0.29) is 24.9 Å². The summed E-state index contributed by atoms with van der Waals surface area (Å²) in [5.74, 6) is 0.0159. The fourth-order valence-corrected chi connectivity index (χ4v) is 6.51. The van der Waals surface area contributed by atoms with Gasteiger partial charge < -0.3 is 9.80 Å². The minimum absolute atomic E-state index is 0.110. The third-order valence-corrected chi connectivity index (χ3v) is 8.88. The molecule has 174 valence electrons. The zero-order valence-electron chi connectivity index (χ0n) is 18.7. The van der Waals surface area contributed by atoms with E-state index in [2.05, 4.69) is 0 Å². The molecule has 2 aromatic rings. The van der Waals surface area contributed by atoms with E-state index < -0.39 is 10.0 Å². The molecule has 0 radical (unpaired) electrons. The van der Waals surface area contributed by atoms with Crippen LogP contribution in [-0.2, 0) is 27.7 Å². The number of nitrogens with zero attached hydrogens (tertiary/aromatic N) is 3. The second-order valence-electron chi connectivity index (χ2n) is 9.03. The molecule has 0 aromatic heterocycles. The summed E-state index contributed by atoms with van der Waals surface area (Å²) >= 11 is 0. The number of aryl methyl sites for hydroxylation is 2. The molecule has 5 rings (SSSR count). The van der Waals surface area contributed by atoms with Crippen LogP contribution in [0.5, 0.6) is 0 Å². The number of benzene rings is 2. The molecule has 0 spiro atoms. The molecule has 2 aliphatic heterocycles. The van der Waals surface area contributed by atoms with Gasteiger partial charge in [-0.1, -0.05) is 6.07 Å². The fraction of sp³-hybridized carbons (Fsp3) is 0.440. The van der Waals surface area contributed by atoms with Crippen molar-refractivity contribution in [3.8, 4) is 0 Å².